The molecule has 1 heterocycles. The minimum Gasteiger partial charge on any atom is -0.497 e. The van der Waals surface area contributed by atoms with Gasteiger partial charge in [-0.2, -0.15) is 4.72 Å². The molecule has 152 valence electrons. The number of carbonyl (C=O) groups excluding carboxylic acids is 1. The van der Waals surface area contributed by atoms with E-state index in [1.54, 1.807) is 19.1 Å². The first-order valence-electron chi connectivity index (χ1n) is 9.20. The Bertz CT molecular complexity index is 687. The lowest BCUT2D eigenvalue weighted by Gasteiger charge is -2.26. The van der Waals surface area contributed by atoms with Gasteiger partial charge in [0, 0.05) is 19.6 Å². The molecule has 2 N–H and O–H groups in total. The lowest BCUT2D eigenvalue weighted by atomic mass is 10.2. The highest BCUT2D eigenvalue weighted by Crippen LogP contribution is 2.16. The van der Waals surface area contributed by atoms with Crippen LogP contribution in [0, 0.1) is 0 Å². The van der Waals surface area contributed by atoms with Gasteiger partial charge >= 0.3 is 0 Å². The van der Waals surface area contributed by atoms with Gasteiger partial charge in [-0.1, -0.05) is 6.92 Å². The molecule has 1 aromatic rings. The van der Waals surface area contributed by atoms with Crippen LogP contribution >= 0.6 is 0 Å². The van der Waals surface area contributed by atoms with Crippen LogP contribution in [0.4, 0.5) is 0 Å². The lowest BCUT2D eigenvalue weighted by molar-refractivity contribution is -0.122. The molecule has 1 amide bonds. The molecule has 2 rings (SSSR count). The minimum atomic E-state index is -3.78. The fraction of sp³-hybridized carbons (Fsp3) is 0.611. The van der Waals surface area contributed by atoms with Crippen molar-refractivity contribution in [1.29, 1.82) is 0 Å². The van der Waals surface area contributed by atoms with Crippen molar-refractivity contribution in [2.24, 2.45) is 0 Å². The summed E-state index contributed by atoms with van der Waals surface area (Å²) in [6.45, 7) is 6.48. The molecule has 1 saturated heterocycles. The first-order chi connectivity index (χ1) is 13.0. The molecule has 8 nitrogen and oxygen atoms in total. The summed E-state index contributed by atoms with van der Waals surface area (Å²) in [5.74, 6) is 0.260. The summed E-state index contributed by atoms with van der Waals surface area (Å²) in [5, 5.41) is 2.82. The molecule has 27 heavy (non-hydrogen) atoms. The van der Waals surface area contributed by atoms with E-state index in [1.807, 2.05) is 0 Å². The van der Waals surface area contributed by atoms with Gasteiger partial charge < -0.3 is 14.8 Å². The van der Waals surface area contributed by atoms with Crippen LogP contribution in [0.25, 0.3) is 0 Å². The van der Waals surface area contributed by atoms with E-state index in [1.165, 1.54) is 19.2 Å². The molecule has 0 saturated carbocycles. The van der Waals surface area contributed by atoms with Crippen LogP contribution in [0.15, 0.2) is 29.2 Å². The summed E-state index contributed by atoms with van der Waals surface area (Å²) in [5.41, 5.74) is 0. The predicted octanol–water partition coefficient (Wildman–Crippen LogP) is 0.591. The largest absolute Gasteiger partial charge is 0.497 e. The van der Waals surface area contributed by atoms with E-state index < -0.39 is 16.1 Å². The third-order valence-corrected chi connectivity index (χ3v) is 5.93. The lowest BCUT2D eigenvalue weighted by Crippen LogP contribution is -2.47. The Kier molecular flexibility index (Phi) is 8.49. The van der Waals surface area contributed by atoms with E-state index in [2.05, 4.69) is 14.9 Å². The maximum absolute atomic E-state index is 12.5. The van der Waals surface area contributed by atoms with E-state index >= 15 is 0 Å². The van der Waals surface area contributed by atoms with Crippen LogP contribution in [-0.2, 0) is 19.6 Å². The van der Waals surface area contributed by atoms with Gasteiger partial charge in [-0.25, -0.2) is 8.42 Å². The van der Waals surface area contributed by atoms with E-state index in [9.17, 15) is 13.2 Å². The van der Waals surface area contributed by atoms with Crippen LogP contribution in [0.5, 0.6) is 5.75 Å². The molecule has 1 unspecified atom stereocenters. The number of morpholine rings is 1. The number of benzene rings is 1. The van der Waals surface area contributed by atoms with Crippen LogP contribution < -0.4 is 14.8 Å². The number of carbonyl (C=O) groups is 1. The molecule has 0 bridgehead atoms. The molecule has 0 aliphatic carbocycles. The fourth-order valence-electron chi connectivity index (χ4n) is 2.79. The molecule has 0 aromatic heterocycles. The number of hydrogen-bond acceptors (Lipinski definition) is 6. The highest BCUT2D eigenvalue weighted by molar-refractivity contribution is 7.89. The van der Waals surface area contributed by atoms with Crippen molar-refractivity contribution in [2.45, 2.75) is 30.7 Å². The first kappa shape index (κ1) is 21.6. The zero-order chi connectivity index (χ0) is 19.7. The molecular formula is C18H29N3O5S. The molecule has 1 aliphatic heterocycles. The SMILES string of the molecule is CCC(NS(=O)(=O)c1ccc(OC)cc1)C(=O)NCCCN1CCOCC1. The fourth-order valence-corrected chi connectivity index (χ4v) is 4.07. The van der Waals surface area contributed by atoms with Crippen molar-refractivity contribution in [1.82, 2.24) is 14.9 Å². The second kappa shape index (κ2) is 10.6. The van der Waals surface area contributed by atoms with Crippen molar-refractivity contribution >= 4 is 15.9 Å². The standard InChI is InChI=1S/C18H29N3O5S/c1-3-17(18(22)19-9-4-10-21-11-13-26-14-12-21)20-27(23,24)16-7-5-15(25-2)6-8-16/h5-8,17,20H,3-4,9-14H2,1-2H3,(H,19,22). The molecule has 0 radical (unpaired) electrons. The number of amides is 1. The Balaban J connectivity index is 1.82. The average Bonchev–Trinajstić information content (AvgIpc) is 2.70. The first-order valence-corrected chi connectivity index (χ1v) is 10.7. The highest BCUT2D eigenvalue weighted by Gasteiger charge is 2.24. The van der Waals surface area contributed by atoms with E-state index in [0.29, 0.717) is 18.7 Å². The van der Waals surface area contributed by atoms with Gasteiger partial charge in [0.1, 0.15) is 11.8 Å². The van der Waals surface area contributed by atoms with Gasteiger partial charge in [-0.15, -0.1) is 0 Å². The van der Waals surface area contributed by atoms with E-state index in [4.69, 9.17) is 9.47 Å². The smallest absolute Gasteiger partial charge is 0.241 e. The summed E-state index contributed by atoms with van der Waals surface area (Å²) in [7, 11) is -2.27. The highest BCUT2D eigenvalue weighted by atomic mass is 32.2. The Morgan fingerprint density at radius 2 is 1.93 bits per heavy atom. The summed E-state index contributed by atoms with van der Waals surface area (Å²) in [6, 6.07) is 5.24. The van der Waals surface area contributed by atoms with Crippen molar-refractivity contribution in [3.63, 3.8) is 0 Å². The summed E-state index contributed by atoms with van der Waals surface area (Å²) >= 11 is 0. The predicted molar refractivity (Wildman–Crippen MR) is 102 cm³/mol. The van der Waals surface area contributed by atoms with Gasteiger partial charge in [-0.05, 0) is 43.7 Å². The third kappa shape index (κ3) is 6.76. The Morgan fingerprint density at radius 3 is 2.52 bits per heavy atom. The molecule has 1 atom stereocenters. The Morgan fingerprint density at radius 1 is 1.26 bits per heavy atom. The summed E-state index contributed by atoms with van der Waals surface area (Å²) < 4.78 is 37.8. The zero-order valence-electron chi connectivity index (χ0n) is 15.9. The average molecular weight is 400 g/mol. The van der Waals surface area contributed by atoms with Crippen LogP contribution in [0.1, 0.15) is 19.8 Å². The second-order valence-electron chi connectivity index (χ2n) is 6.36. The monoisotopic (exact) mass is 399 g/mol. The molecule has 1 aromatic carbocycles. The van der Waals surface area contributed by atoms with Crippen molar-refractivity contribution in [2.75, 3.05) is 46.5 Å². The number of hydrogen-bond donors (Lipinski definition) is 2. The Labute approximate surface area is 161 Å². The van der Waals surface area contributed by atoms with Crippen molar-refractivity contribution in [3.05, 3.63) is 24.3 Å². The third-order valence-electron chi connectivity index (χ3n) is 4.45. The maximum atomic E-state index is 12.5. The Hall–Kier alpha value is -1.68. The van der Waals surface area contributed by atoms with Crippen molar-refractivity contribution in [3.8, 4) is 5.75 Å². The molecule has 9 heteroatoms. The zero-order valence-corrected chi connectivity index (χ0v) is 16.8. The summed E-state index contributed by atoms with van der Waals surface area (Å²) in [4.78, 5) is 14.7. The summed E-state index contributed by atoms with van der Waals surface area (Å²) in [6.07, 6.45) is 1.18. The molecule has 0 spiro atoms. The minimum absolute atomic E-state index is 0.0990. The number of sulfonamides is 1. The quantitative estimate of drug-likeness (QED) is 0.559. The second-order valence-corrected chi connectivity index (χ2v) is 8.07. The van der Waals surface area contributed by atoms with E-state index in [0.717, 1.165) is 39.3 Å². The van der Waals surface area contributed by atoms with Crippen LogP contribution in [-0.4, -0.2) is 71.8 Å². The molecule has 1 aliphatic rings. The van der Waals surface area contributed by atoms with Crippen molar-refractivity contribution < 1.29 is 22.7 Å². The number of ether oxygens (including phenoxy) is 2. The number of rotatable bonds is 10. The maximum Gasteiger partial charge on any atom is 0.241 e. The topological polar surface area (TPSA) is 97.0 Å². The van der Waals surface area contributed by atoms with Gasteiger partial charge in [0.05, 0.1) is 25.2 Å². The number of methoxy groups -OCH3 is 1. The van der Waals surface area contributed by atoms with Gasteiger partial charge in [0.25, 0.3) is 0 Å². The van der Waals surface area contributed by atoms with Gasteiger partial charge in [0.15, 0.2) is 0 Å². The van der Waals surface area contributed by atoms with Gasteiger partial charge in [0.2, 0.25) is 15.9 Å². The number of nitrogens with zero attached hydrogens (tertiary/aromatic N) is 1. The van der Waals surface area contributed by atoms with E-state index in [-0.39, 0.29) is 10.8 Å². The van der Waals surface area contributed by atoms with Crippen LogP contribution in [0.2, 0.25) is 0 Å². The van der Waals surface area contributed by atoms with Gasteiger partial charge in [-0.3, -0.25) is 9.69 Å². The van der Waals surface area contributed by atoms with Crippen LogP contribution in [0.3, 0.4) is 0 Å². The molecular weight excluding hydrogens is 370 g/mol. The molecule has 1 fully saturated rings. The normalized spacial score (nSPS) is 16.7. The number of nitrogens with one attached hydrogen (secondary N) is 2.